The van der Waals surface area contributed by atoms with E-state index in [9.17, 15) is 4.79 Å². The molecule has 0 saturated carbocycles. The van der Waals surface area contributed by atoms with Crippen LogP contribution in [-0.2, 0) is 17.6 Å². The van der Waals surface area contributed by atoms with Crippen LogP contribution in [0.1, 0.15) is 34.5 Å². The SMILES string of the molecule is CCc1ccc([C@@H](NC(=O)[C@@H]2Cc3ccccc3O2)c2cccs2)cc1. The number of carbonyl (C=O) groups is 1. The highest BCUT2D eigenvalue weighted by Crippen LogP contribution is 2.30. The van der Waals surface area contributed by atoms with Gasteiger partial charge in [0, 0.05) is 11.3 Å². The molecule has 2 atom stereocenters. The Morgan fingerprint density at radius 1 is 1.15 bits per heavy atom. The third-order valence-corrected chi connectivity index (χ3v) is 5.71. The van der Waals surface area contributed by atoms with Crippen molar-refractivity contribution in [2.45, 2.75) is 31.9 Å². The number of fused-ring (bicyclic) bond motifs is 1. The van der Waals surface area contributed by atoms with E-state index in [0.717, 1.165) is 28.2 Å². The number of para-hydroxylation sites is 1. The Morgan fingerprint density at radius 3 is 2.65 bits per heavy atom. The van der Waals surface area contributed by atoms with E-state index in [0.29, 0.717) is 6.42 Å². The third-order valence-electron chi connectivity index (χ3n) is 4.78. The van der Waals surface area contributed by atoms with Gasteiger partial charge in [0.2, 0.25) is 0 Å². The van der Waals surface area contributed by atoms with Gasteiger partial charge < -0.3 is 10.1 Å². The maximum Gasteiger partial charge on any atom is 0.262 e. The molecule has 3 aromatic rings. The van der Waals surface area contributed by atoms with Crippen molar-refractivity contribution in [1.29, 1.82) is 0 Å². The van der Waals surface area contributed by atoms with Crippen LogP contribution in [0.3, 0.4) is 0 Å². The van der Waals surface area contributed by atoms with Gasteiger partial charge in [-0.15, -0.1) is 11.3 Å². The highest BCUT2D eigenvalue weighted by Gasteiger charge is 2.31. The Morgan fingerprint density at radius 2 is 1.96 bits per heavy atom. The number of carbonyl (C=O) groups excluding carboxylic acids is 1. The molecule has 0 radical (unpaired) electrons. The van der Waals surface area contributed by atoms with Gasteiger partial charge in [-0.05, 0) is 40.6 Å². The lowest BCUT2D eigenvalue weighted by Gasteiger charge is -2.20. The van der Waals surface area contributed by atoms with Gasteiger partial charge in [0.25, 0.3) is 5.91 Å². The largest absolute Gasteiger partial charge is 0.480 e. The minimum Gasteiger partial charge on any atom is -0.480 e. The summed E-state index contributed by atoms with van der Waals surface area (Å²) in [6.07, 6.45) is 1.16. The summed E-state index contributed by atoms with van der Waals surface area (Å²) in [7, 11) is 0. The summed E-state index contributed by atoms with van der Waals surface area (Å²) in [6, 6.07) is 20.2. The summed E-state index contributed by atoms with van der Waals surface area (Å²) in [5.74, 6) is 0.742. The lowest BCUT2D eigenvalue weighted by molar-refractivity contribution is -0.127. The molecule has 0 unspecified atom stereocenters. The predicted molar refractivity (Wildman–Crippen MR) is 105 cm³/mol. The summed E-state index contributed by atoms with van der Waals surface area (Å²) in [5, 5.41) is 5.23. The van der Waals surface area contributed by atoms with E-state index in [2.05, 4.69) is 42.6 Å². The van der Waals surface area contributed by atoms with Crippen LogP contribution < -0.4 is 10.1 Å². The van der Waals surface area contributed by atoms with Gasteiger partial charge in [0.15, 0.2) is 6.10 Å². The molecule has 1 aliphatic heterocycles. The molecular formula is C22H21NO2S. The number of rotatable bonds is 5. The molecule has 1 amide bonds. The van der Waals surface area contributed by atoms with E-state index in [1.807, 2.05) is 35.7 Å². The molecule has 0 fully saturated rings. The number of thiophene rings is 1. The fourth-order valence-corrected chi connectivity index (χ4v) is 4.09. The van der Waals surface area contributed by atoms with Gasteiger partial charge in [0.1, 0.15) is 5.75 Å². The summed E-state index contributed by atoms with van der Waals surface area (Å²) in [6.45, 7) is 2.14. The van der Waals surface area contributed by atoms with Crippen LogP contribution in [0.2, 0.25) is 0 Å². The van der Waals surface area contributed by atoms with E-state index in [1.54, 1.807) is 11.3 Å². The quantitative estimate of drug-likeness (QED) is 0.724. The summed E-state index contributed by atoms with van der Waals surface area (Å²) >= 11 is 1.65. The number of benzene rings is 2. The fraction of sp³-hybridized carbons (Fsp3) is 0.227. The smallest absolute Gasteiger partial charge is 0.262 e. The van der Waals surface area contributed by atoms with Gasteiger partial charge >= 0.3 is 0 Å². The number of hydrogen-bond donors (Lipinski definition) is 1. The number of aryl methyl sites for hydroxylation is 1. The van der Waals surface area contributed by atoms with Crippen molar-refractivity contribution in [2.75, 3.05) is 0 Å². The number of nitrogens with one attached hydrogen (secondary N) is 1. The zero-order valence-corrected chi connectivity index (χ0v) is 15.5. The molecule has 2 aromatic carbocycles. The molecule has 0 bridgehead atoms. The molecule has 4 rings (SSSR count). The van der Waals surface area contributed by atoms with Gasteiger partial charge in [-0.2, -0.15) is 0 Å². The van der Waals surface area contributed by atoms with E-state index in [4.69, 9.17) is 4.74 Å². The van der Waals surface area contributed by atoms with Crippen molar-refractivity contribution >= 4 is 17.2 Å². The van der Waals surface area contributed by atoms with Gasteiger partial charge in [-0.1, -0.05) is 55.5 Å². The van der Waals surface area contributed by atoms with E-state index in [-0.39, 0.29) is 11.9 Å². The maximum atomic E-state index is 12.9. The second kappa shape index (κ2) is 7.34. The molecule has 0 saturated heterocycles. The minimum atomic E-state index is -0.468. The molecule has 0 spiro atoms. The van der Waals surface area contributed by atoms with Crippen LogP contribution in [-0.4, -0.2) is 12.0 Å². The van der Waals surface area contributed by atoms with Crippen LogP contribution in [0.4, 0.5) is 0 Å². The zero-order valence-electron chi connectivity index (χ0n) is 14.6. The first-order valence-corrected chi connectivity index (χ1v) is 9.79. The second-order valence-electron chi connectivity index (χ2n) is 6.47. The molecule has 26 heavy (non-hydrogen) atoms. The number of amides is 1. The van der Waals surface area contributed by atoms with Crippen molar-refractivity contribution in [1.82, 2.24) is 5.32 Å². The number of ether oxygens (including phenoxy) is 1. The van der Waals surface area contributed by atoms with Gasteiger partial charge in [-0.3, -0.25) is 4.79 Å². The molecular weight excluding hydrogens is 342 g/mol. The van der Waals surface area contributed by atoms with Crippen LogP contribution in [0.25, 0.3) is 0 Å². The van der Waals surface area contributed by atoms with Gasteiger partial charge in [0.05, 0.1) is 6.04 Å². The van der Waals surface area contributed by atoms with Crippen molar-refractivity contribution in [3.8, 4) is 5.75 Å². The predicted octanol–water partition coefficient (Wildman–Crippen LogP) is 4.52. The molecule has 4 heteroatoms. The maximum absolute atomic E-state index is 12.9. The van der Waals surface area contributed by atoms with E-state index < -0.39 is 6.10 Å². The Hall–Kier alpha value is -2.59. The Balaban J connectivity index is 1.54. The standard InChI is InChI=1S/C22H21NO2S/c1-2-15-9-11-16(12-10-15)21(20-8-5-13-26-20)23-22(24)19-14-17-6-3-4-7-18(17)25-19/h3-13,19,21H,2,14H2,1H3,(H,23,24)/t19-,21+/m0/s1. The lowest BCUT2D eigenvalue weighted by Crippen LogP contribution is -2.39. The second-order valence-corrected chi connectivity index (χ2v) is 7.45. The van der Waals surface area contributed by atoms with Crippen molar-refractivity contribution < 1.29 is 9.53 Å². The minimum absolute atomic E-state index is 0.0702. The zero-order chi connectivity index (χ0) is 17.9. The Bertz CT molecular complexity index is 862. The first-order chi connectivity index (χ1) is 12.7. The highest BCUT2D eigenvalue weighted by molar-refractivity contribution is 7.10. The third kappa shape index (κ3) is 3.37. The molecule has 132 valence electrons. The van der Waals surface area contributed by atoms with Gasteiger partial charge in [-0.25, -0.2) is 0 Å². The highest BCUT2D eigenvalue weighted by atomic mass is 32.1. The Labute approximate surface area is 157 Å². The number of hydrogen-bond acceptors (Lipinski definition) is 3. The van der Waals surface area contributed by atoms with Crippen LogP contribution >= 0.6 is 11.3 Å². The monoisotopic (exact) mass is 363 g/mol. The fourth-order valence-electron chi connectivity index (χ4n) is 3.28. The first-order valence-electron chi connectivity index (χ1n) is 8.91. The van der Waals surface area contributed by atoms with E-state index in [1.165, 1.54) is 5.56 Å². The molecule has 1 aliphatic rings. The molecule has 3 nitrogen and oxygen atoms in total. The summed E-state index contributed by atoms with van der Waals surface area (Å²) < 4.78 is 5.85. The summed E-state index contributed by atoms with van der Waals surface area (Å²) in [5.41, 5.74) is 3.47. The van der Waals surface area contributed by atoms with E-state index >= 15 is 0 Å². The lowest BCUT2D eigenvalue weighted by atomic mass is 10.0. The van der Waals surface area contributed by atoms with Crippen molar-refractivity contribution in [3.63, 3.8) is 0 Å². The average molecular weight is 363 g/mol. The van der Waals surface area contributed by atoms with Crippen molar-refractivity contribution in [2.24, 2.45) is 0 Å². The molecule has 1 aromatic heterocycles. The average Bonchev–Trinajstić information content (AvgIpc) is 3.35. The normalized spacial score (nSPS) is 16.6. The molecule has 2 heterocycles. The topological polar surface area (TPSA) is 38.3 Å². The van der Waals surface area contributed by atoms with Crippen LogP contribution in [0.15, 0.2) is 66.0 Å². The first kappa shape index (κ1) is 16.9. The van der Waals surface area contributed by atoms with Crippen LogP contribution in [0, 0.1) is 0 Å². The van der Waals surface area contributed by atoms with Crippen molar-refractivity contribution in [3.05, 3.63) is 87.6 Å². The summed E-state index contributed by atoms with van der Waals surface area (Å²) in [4.78, 5) is 14.0. The Kier molecular flexibility index (Phi) is 4.76. The molecule has 0 aliphatic carbocycles. The van der Waals surface area contributed by atoms with Crippen LogP contribution in [0.5, 0.6) is 5.75 Å². The molecule has 1 N–H and O–H groups in total.